The number of hydrogen-bond acceptors (Lipinski definition) is 3. The van der Waals surface area contributed by atoms with E-state index in [1.807, 2.05) is 32.0 Å². The molecule has 1 aliphatic rings. The molecule has 2 heterocycles. The Morgan fingerprint density at radius 3 is 2.93 bits per heavy atom. The maximum Gasteiger partial charge on any atom is 0.158 e. The molecule has 0 saturated heterocycles. The summed E-state index contributed by atoms with van der Waals surface area (Å²) in [5.74, 6) is 1.00. The van der Waals surface area contributed by atoms with Gasteiger partial charge in [0.05, 0.1) is 0 Å². The minimum Gasteiger partial charge on any atom is -0.245 e. The van der Waals surface area contributed by atoms with Crippen molar-refractivity contribution in [2.45, 2.75) is 13.0 Å². The van der Waals surface area contributed by atoms with Crippen LogP contribution in [0.3, 0.4) is 0 Å². The quantitative estimate of drug-likeness (QED) is 0.594. The third-order valence-corrected chi connectivity index (χ3v) is 2.47. The number of hydrogen-bond donors (Lipinski definition) is 1. The van der Waals surface area contributed by atoms with Crippen molar-refractivity contribution in [3.63, 3.8) is 0 Å². The highest BCUT2D eigenvalue weighted by Crippen LogP contribution is 2.25. The van der Waals surface area contributed by atoms with E-state index < -0.39 is 0 Å². The van der Waals surface area contributed by atoms with Crippen LogP contribution >= 0.6 is 31.0 Å². The second-order valence-corrected chi connectivity index (χ2v) is 3.21. The number of benzene rings is 1. The van der Waals surface area contributed by atoms with Crippen LogP contribution in [-0.2, 0) is 13.0 Å². The Labute approximate surface area is 106 Å². The Balaban J connectivity index is 0.000000404. The van der Waals surface area contributed by atoms with Gasteiger partial charge in [0.25, 0.3) is 0 Å². The first kappa shape index (κ1) is 10.9. The lowest BCUT2D eigenvalue weighted by Crippen LogP contribution is -2.11. The van der Waals surface area contributed by atoms with Crippen LogP contribution in [0.15, 0.2) is 30.6 Å². The maximum atomic E-state index is 4.25. The summed E-state index contributed by atoms with van der Waals surface area (Å²) in [4.78, 5) is 4.25. The van der Waals surface area contributed by atoms with Gasteiger partial charge in [-0.25, -0.2) is 9.67 Å². The summed E-state index contributed by atoms with van der Waals surface area (Å²) < 4.78 is 1.96. The van der Waals surface area contributed by atoms with Crippen LogP contribution in [0.1, 0.15) is 5.56 Å². The zero-order valence-corrected chi connectivity index (χ0v) is 11.0. The molecule has 0 atom stereocenters. The minimum atomic E-state index is 0.951. The lowest BCUT2D eigenvalue weighted by Gasteiger charge is -2.15. The molecule has 0 spiro atoms. The van der Waals surface area contributed by atoms with E-state index in [9.17, 15) is 0 Å². The minimum absolute atomic E-state index is 0.951. The van der Waals surface area contributed by atoms with Gasteiger partial charge in [-0.2, -0.15) is 5.10 Å². The highest BCUT2D eigenvalue weighted by molar-refractivity contribution is 14.2. The summed E-state index contributed by atoms with van der Waals surface area (Å²) in [6.07, 6.45) is 2.68. The van der Waals surface area contributed by atoms with Crippen molar-refractivity contribution in [1.29, 1.82) is 0 Å². The van der Waals surface area contributed by atoms with Gasteiger partial charge in [-0.15, -0.1) is 9.80 Å². The average molecular weight is 331 g/mol. The topological polar surface area (TPSA) is 30.7 Å². The SMILES string of the molecule is SI.c1ccc2c(c1)CCn1ncnc1-2. The highest BCUT2D eigenvalue weighted by atomic mass is 127. The average Bonchev–Trinajstić information content (AvgIpc) is 2.80. The lowest BCUT2D eigenvalue weighted by molar-refractivity contribution is 0.605. The maximum absolute atomic E-state index is 4.25. The molecular weight excluding hydrogens is 321 g/mol. The molecule has 3 nitrogen and oxygen atoms in total. The van der Waals surface area contributed by atoms with Crippen molar-refractivity contribution in [3.05, 3.63) is 36.2 Å². The Bertz CT molecular complexity index is 455. The van der Waals surface area contributed by atoms with Gasteiger partial charge in [-0.05, 0) is 33.2 Å². The fourth-order valence-electron chi connectivity index (χ4n) is 1.82. The van der Waals surface area contributed by atoms with E-state index >= 15 is 0 Å². The van der Waals surface area contributed by atoms with Crippen LogP contribution in [0, 0.1) is 0 Å². The fourth-order valence-corrected chi connectivity index (χ4v) is 1.82. The molecule has 0 radical (unpaired) electrons. The monoisotopic (exact) mass is 331 g/mol. The molecule has 0 fully saturated rings. The van der Waals surface area contributed by atoms with Crippen molar-refractivity contribution >= 4 is 31.0 Å². The summed E-state index contributed by atoms with van der Waals surface area (Å²) in [5, 5.41) is 4.16. The molecule has 1 aromatic carbocycles. The number of nitrogens with zero attached hydrogens (tertiary/aromatic N) is 3. The van der Waals surface area contributed by atoms with Crippen molar-refractivity contribution in [3.8, 4) is 11.4 Å². The molecule has 1 aromatic heterocycles. The molecule has 1 aliphatic heterocycles. The zero-order valence-electron chi connectivity index (χ0n) is 7.97. The van der Waals surface area contributed by atoms with Crippen LogP contribution in [-0.4, -0.2) is 14.8 Å². The van der Waals surface area contributed by atoms with E-state index in [1.165, 1.54) is 11.1 Å². The van der Waals surface area contributed by atoms with E-state index in [4.69, 9.17) is 0 Å². The first-order chi connectivity index (χ1) is 7.45. The number of halogens is 1. The molecule has 78 valence electrons. The summed E-state index contributed by atoms with van der Waals surface area (Å²) >= 11 is 1.84. The normalized spacial score (nSPS) is 12.1. The third-order valence-electron chi connectivity index (χ3n) is 2.47. The first-order valence-electron chi connectivity index (χ1n) is 4.58. The molecule has 0 bridgehead atoms. The van der Waals surface area contributed by atoms with Gasteiger partial charge in [0.15, 0.2) is 5.82 Å². The molecule has 0 N–H and O–H groups in total. The molecule has 0 saturated carbocycles. The Kier molecular flexibility index (Phi) is 3.63. The molecule has 3 rings (SSSR count). The summed E-state index contributed by atoms with van der Waals surface area (Å²) in [6.45, 7) is 0.951. The molecule has 5 heteroatoms. The molecule has 0 unspecified atom stereocenters. The molecular formula is C10H10IN3S. The predicted molar refractivity (Wildman–Crippen MR) is 72.2 cm³/mol. The Hall–Kier alpha value is -0.560. The predicted octanol–water partition coefficient (Wildman–Crippen LogP) is 2.77. The van der Waals surface area contributed by atoms with Gasteiger partial charge < -0.3 is 0 Å². The van der Waals surface area contributed by atoms with Crippen molar-refractivity contribution in [2.75, 3.05) is 0 Å². The molecule has 15 heavy (non-hydrogen) atoms. The second-order valence-electron chi connectivity index (χ2n) is 3.21. The highest BCUT2D eigenvalue weighted by Gasteiger charge is 2.15. The third kappa shape index (κ3) is 2.03. The van der Waals surface area contributed by atoms with Gasteiger partial charge in [-0.1, -0.05) is 24.3 Å². The van der Waals surface area contributed by atoms with Gasteiger partial charge in [0, 0.05) is 12.1 Å². The van der Waals surface area contributed by atoms with Crippen molar-refractivity contribution in [1.82, 2.24) is 14.8 Å². The van der Waals surface area contributed by atoms with Crippen LogP contribution in [0.5, 0.6) is 0 Å². The first-order valence-corrected chi connectivity index (χ1v) is 7.81. The largest absolute Gasteiger partial charge is 0.245 e. The van der Waals surface area contributed by atoms with Crippen LogP contribution in [0.25, 0.3) is 11.4 Å². The van der Waals surface area contributed by atoms with E-state index in [2.05, 4.69) is 38.1 Å². The lowest BCUT2D eigenvalue weighted by atomic mass is 10.0. The smallest absolute Gasteiger partial charge is 0.158 e. The fraction of sp³-hybridized carbons (Fsp3) is 0.200. The Morgan fingerprint density at radius 1 is 1.27 bits per heavy atom. The number of aryl methyl sites for hydroxylation is 2. The summed E-state index contributed by atoms with van der Waals surface area (Å²) in [5.41, 5.74) is 2.61. The van der Waals surface area contributed by atoms with E-state index in [0.29, 0.717) is 0 Å². The second kappa shape index (κ2) is 4.98. The van der Waals surface area contributed by atoms with Crippen LogP contribution in [0.4, 0.5) is 0 Å². The van der Waals surface area contributed by atoms with Crippen LogP contribution in [0.2, 0.25) is 0 Å². The number of thiol groups is 1. The van der Waals surface area contributed by atoms with Gasteiger partial charge in [0.2, 0.25) is 0 Å². The van der Waals surface area contributed by atoms with Crippen molar-refractivity contribution < 1.29 is 0 Å². The number of fused-ring (bicyclic) bond motifs is 3. The molecule has 0 amide bonds. The van der Waals surface area contributed by atoms with Crippen LogP contribution < -0.4 is 0 Å². The number of rotatable bonds is 0. The molecule has 0 aliphatic carbocycles. The number of aromatic nitrogens is 3. The van der Waals surface area contributed by atoms with E-state index in [-0.39, 0.29) is 0 Å². The zero-order chi connectivity index (χ0) is 10.7. The standard InChI is InChI=1S/C10H9N3.HIS/c1-2-4-9-8(3-1)5-6-13-10(9)11-7-12-13;1-2/h1-4,7H,5-6H2;2H. The Morgan fingerprint density at radius 2 is 2.07 bits per heavy atom. The molecule has 2 aromatic rings. The summed E-state index contributed by atoms with van der Waals surface area (Å²) in [6, 6.07) is 8.39. The van der Waals surface area contributed by atoms with Crippen molar-refractivity contribution in [2.24, 2.45) is 0 Å². The van der Waals surface area contributed by atoms with Gasteiger partial charge >= 0.3 is 0 Å². The van der Waals surface area contributed by atoms with Gasteiger partial charge in [-0.3, -0.25) is 0 Å². The van der Waals surface area contributed by atoms with E-state index in [0.717, 1.165) is 18.8 Å². The van der Waals surface area contributed by atoms with E-state index in [1.54, 1.807) is 6.33 Å². The summed E-state index contributed by atoms with van der Waals surface area (Å²) in [7, 11) is 3.50. The van der Waals surface area contributed by atoms with Gasteiger partial charge in [0.1, 0.15) is 6.33 Å².